The second-order valence-corrected chi connectivity index (χ2v) is 1.98. The number of carbonyl (C=O) groups is 1. The van der Waals surface area contributed by atoms with Crippen LogP contribution in [0.5, 0.6) is 0 Å². The van der Waals surface area contributed by atoms with E-state index in [2.05, 4.69) is 0 Å². The normalized spacial score (nSPS) is 18.5. The Morgan fingerprint density at radius 2 is 2.38 bits per heavy atom. The molecule has 1 rings (SSSR count). The van der Waals surface area contributed by atoms with Crippen LogP contribution in [0.4, 0.5) is 0 Å². The average Bonchev–Trinajstić information content (AvgIpc) is 2.41. The van der Waals surface area contributed by atoms with Crippen LogP contribution in [-0.4, -0.2) is 18.6 Å². The molecule has 3 heteroatoms. The van der Waals surface area contributed by atoms with E-state index in [0.717, 1.165) is 12.8 Å². The van der Waals surface area contributed by atoms with Crippen molar-refractivity contribution in [1.29, 1.82) is 0 Å². The lowest BCUT2D eigenvalue weighted by Crippen LogP contribution is -2.18. The first-order chi connectivity index (χ1) is 3.79. The van der Waals surface area contributed by atoms with Gasteiger partial charge in [-0.25, -0.2) is 0 Å². The summed E-state index contributed by atoms with van der Waals surface area (Å²) in [6.45, 7) is 0.0880. The van der Waals surface area contributed by atoms with Crippen molar-refractivity contribution >= 4 is 5.91 Å². The number of hydrogen-bond donors (Lipinski definition) is 1. The fourth-order valence-corrected chi connectivity index (χ4v) is 0.435. The minimum absolute atomic E-state index is 0.0880. The van der Waals surface area contributed by atoms with E-state index < -0.39 is 0 Å². The molecule has 46 valence electrons. The molecule has 0 aromatic heterocycles. The summed E-state index contributed by atoms with van der Waals surface area (Å²) in [5, 5.41) is 0. The van der Waals surface area contributed by atoms with E-state index in [1.807, 2.05) is 0 Å². The molecule has 0 heterocycles. The minimum Gasteiger partial charge on any atom is -0.368 e. The van der Waals surface area contributed by atoms with Crippen molar-refractivity contribution in [3.8, 4) is 0 Å². The van der Waals surface area contributed by atoms with Crippen LogP contribution in [0, 0.1) is 0 Å². The maximum Gasteiger partial charge on any atom is 0.243 e. The third kappa shape index (κ3) is 1.93. The van der Waals surface area contributed by atoms with Gasteiger partial charge in [0.25, 0.3) is 0 Å². The van der Waals surface area contributed by atoms with Gasteiger partial charge >= 0.3 is 0 Å². The molecule has 1 fully saturated rings. The monoisotopic (exact) mass is 115 g/mol. The van der Waals surface area contributed by atoms with Gasteiger partial charge in [0, 0.05) is 0 Å². The Labute approximate surface area is 47.8 Å². The fraction of sp³-hybridized carbons (Fsp3) is 0.800. The Balaban J connectivity index is 1.95. The van der Waals surface area contributed by atoms with Gasteiger partial charge in [0.1, 0.15) is 6.61 Å². The maximum atomic E-state index is 10.0. The Hall–Kier alpha value is -0.570. The molecule has 0 bridgehead atoms. The van der Waals surface area contributed by atoms with Gasteiger partial charge in [-0.05, 0) is 12.8 Å². The predicted molar refractivity (Wildman–Crippen MR) is 28.2 cm³/mol. The van der Waals surface area contributed by atoms with E-state index in [0.29, 0.717) is 6.10 Å². The Kier molecular flexibility index (Phi) is 1.48. The zero-order valence-electron chi connectivity index (χ0n) is 4.59. The quantitative estimate of drug-likeness (QED) is 0.546. The molecule has 0 spiro atoms. The first-order valence-corrected chi connectivity index (χ1v) is 2.69. The van der Waals surface area contributed by atoms with Gasteiger partial charge in [0.2, 0.25) is 5.91 Å². The SMILES string of the molecule is NC(=O)COC1CC1. The molecule has 0 aromatic rings. The molecule has 1 aliphatic carbocycles. The fourth-order valence-electron chi connectivity index (χ4n) is 0.435. The highest BCUT2D eigenvalue weighted by molar-refractivity contribution is 5.75. The maximum absolute atomic E-state index is 10.0. The highest BCUT2D eigenvalue weighted by Gasteiger charge is 2.22. The largest absolute Gasteiger partial charge is 0.368 e. The number of rotatable bonds is 3. The van der Waals surface area contributed by atoms with E-state index in [9.17, 15) is 4.79 Å². The molecule has 0 radical (unpaired) electrons. The summed E-state index contributed by atoms with van der Waals surface area (Å²) in [6.07, 6.45) is 2.52. The van der Waals surface area contributed by atoms with Crippen molar-refractivity contribution < 1.29 is 9.53 Å². The molecular formula is C5H9NO2. The Morgan fingerprint density at radius 3 is 2.75 bits per heavy atom. The lowest BCUT2D eigenvalue weighted by Gasteiger charge is -1.93. The number of carbonyl (C=O) groups excluding carboxylic acids is 1. The number of amides is 1. The molecule has 1 saturated carbocycles. The lowest BCUT2D eigenvalue weighted by molar-refractivity contribution is -0.122. The van der Waals surface area contributed by atoms with Crippen LogP contribution in [0.25, 0.3) is 0 Å². The molecule has 0 aliphatic heterocycles. The van der Waals surface area contributed by atoms with E-state index in [1.165, 1.54) is 0 Å². The highest BCUT2D eigenvalue weighted by atomic mass is 16.5. The number of ether oxygens (including phenoxy) is 1. The molecule has 1 aliphatic rings. The summed E-state index contributed by atoms with van der Waals surface area (Å²) in [7, 11) is 0. The van der Waals surface area contributed by atoms with Gasteiger partial charge in [0.05, 0.1) is 6.10 Å². The first-order valence-electron chi connectivity index (χ1n) is 2.69. The van der Waals surface area contributed by atoms with E-state index in [1.54, 1.807) is 0 Å². The van der Waals surface area contributed by atoms with Crippen LogP contribution in [0.15, 0.2) is 0 Å². The molecule has 0 saturated heterocycles. The van der Waals surface area contributed by atoms with Crippen LogP contribution in [-0.2, 0) is 9.53 Å². The summed E-state index contributed by atoms with van der Waals surface area (Å²) in [5.74, 6) is -0.378. The second kappa shape index (κ2) is 2.13. The van der Waals surface area contributed by atoms with Crippen molar-refractivity contribution in [3.63, 3.8) is 0 Å². The summed E-state index contributed by atoms with van der Waals surface area (Å²) >= 11 is 0. The summed E-state index contributed by atoms with van der Waals surface area (Å²) in [5.41, 5.74) is 4.80. The van der Waals surface area contributed by atoms with Crippen molar-refractivity contribution in [2.75, 3.05) is 6.61 Å². The van der Waals surface area contributed by atoms with Crippen molar-refractivity contribution in [2.24, 2.45) is 5.73 Å². The smallest absolute Gasteiger partial charge is 0.243 e. The molecule has 0 aromatic carbocycles. The van der Waals surface area contributed by atoms with E-state index >= 15 is 0 Å². The van der Waals surface area contributed by atoms with Crippen LogP contribution in [0.2, 0.25) is 0 Å². The minimum atomic E-state index is -0.378. The number of hydrogen-bond acceptors (Lipinski definition) is 2. The standard InChI is InChI=1S/C5H9NO2/c6-5(7)3-8-4-1-2-4/h4H,1-3H2,(H2,6,7). The molecular weight excluding hydrogens is 106 g/mol. The molecule has 3 nitrogen and oxygen atoms in total. The first kappa shape index (κ1) is 5.56. The number of nitrogens with two attached hydrogens (primary N) is 1. The van der Waals surface area contributed by atoms with E-state index in [-0.39, 0.29) is 12.5 Å². The van der Waals surface area contributed by atoms with Crippen LogP contribution < -0.4 is 5.73 Å². The van der Waals surface area contributed by atoms with Gasteiger partial charge < -0.3 is 10.5 Å². The van der Waals surface area contributed by atoms with Crippen LogP contribution in [0.1, 0.15) is 12.8 Å². The average molecular weight is 115 g/mol. The highest BCUT2D eigenvalue weighted by Crippen LogP contribution is 2.22. The van der Waals surface area contributed by atoms with Gasteiger partial charge in [-0.2, -0.15) is 0 Å². The third-order valence-corrected chi connectivity index (χ3v) is 0.986. The predicted octanol–water partition coefficient (Wildman–Crippen LogP) is -0.349. The molecule has 2 N–H and O–H groups in total. The number of primary amides is 1. The molecule has 1 amide bonds. The van der Waals surface area contributed by atoms with Crippen LogP contribution >= 0.6 is 0 Å². The van der Waals surface area contributed by atoms with E-state index in [4.69, 9.17) is 10.5 Å². The zero-order valence-corrected chi connectivity index (χ0v) is 4.59. The zero-order chi connectivity index (χ0) is 5.98. The Morgan fingerprint density at radius 1 is 1.75 bits per heavy atom. The van der Waals surface area contributed by atoms with Gasteiger partial charge in [-0.15, -0.1) is 0 Å². The molecule has 0 unspecified atom stereocenters. The third-order valence-electron chi connectivity index (χ3n) is 0.986. The second-order valence-electron chi connectivity index (χ2n) is 1.98. The van der Waals surface area contributed by atoms with Gasteiger partial charge in [0.15, 0.2) is 0 Å². The van der Waals surface area contributed by atoms with Crippen molar-refractivity contribution in [1.82, 2.24) is 0 Å². The van der Waals surface area contributed by atoms with Crippen molar-refractivity contribution in [3.05, 3.63) is 0 Å². The molecule has 0 atom stereocenters. The van der Waals surface area contributed by atoms with Crippen LogP contribution in [0.3, 0.4) is 0 Å². The topological polar surface area (TPSA) is 52.3 Å². The van der Waals surface area contributed by atoms with Crippen molar-refractivity contribution in [2.45, 2.75) is 18.9 Å². The Bertz CT molecular complexity index is 98.6. The summed E-state index contributed by atoms with van der Waals surface area (Å²) in [4.78, 5) is 10.0. The molecule has 8 heavy (non-hydrogen) atoms. The summed E-state index contributed by atoms with van der Waals surface area (Å²) in [6, 6.07) is 0. The summed E-state index contributed by atoms with van der Waals surface area (Å²) < 4.78 is 4.94. The van der Waals surface area contributed by atoms with Gasteiger partial charge in [-0.3, -0.25) is 4.79 Å². The van der Waals surface area contributed by atoms with Gasteiger partial charge in [-0.1, -0.05) is 0 Å². The lowest BCUT2D eigenvalue weighted by atomic mass is 10.7.